The number of nitrogens with one attached hydrogen (secondary N) is 2. The van der Waals surface area contributed by atoms with E-state index in [1.54, 1.807) is 18.4 Å². The molecule has 6 nitrogen and oxygen atoms in total. The Morgan fingerprint density at radius 2 is 1.85 bits per heavy atom. The molecule has 3 heterocycles. The SMILES string of the molecule is CN1C(=N)N[C@](C)(c2cc3c(cnc4ccc(N)cc43)s2)[C@@H](c2ccc(C3CC3)cc2)C1=O. The Kier molecular flexibility index (Phi) is 4.29. The standard InChI is InChI=1S/C26H25N5OS/c1-26(22-12-19-18-11-17(27)9-10-20(18)29-13-21(19)33-22)23(24(32)31(2)25(28)30-26)16-7-5-15(6-8-16)14-3-4-14/h5-14,23H,3-4,27H2,1-2H3,(H2,28,30)/t23-,26+/m0/s1. The predicted molar refractivity (Wildman–Crippen MR) is 134 cm³/mol. The van der Waals surface area contributed by atoms with Crippen LogP contribution in [0.1, 0.15) is 47.6 Å². The number of hydrogen-bond acceptors (Lipinski definition) is 5. The van der Waals surface area contributed by atoms with Gasteiger partial charge >= 0.3 is 0 Å². The number of hydrogen-bond donors (Lipinski definition) is 3. The number of carbonyl (C=O) groups excluding carboxylic acids is 1. The van der Waals surface area contributed by atoms with Gasteiger partial charge in [0.2, 0.25) is 5.91 Å². The van der Waals surface area contributed by atoms with E-state index in [1.165, 1.54) is 23.3 Å². The Labute approximate surface area is 195 Å². The van der Waals surface area contributed by atoms with Crippen molar-refractivity contribution in [1.29, 1.82) is 5.41 Å². The van der Waals surface area contributed by atoms with Gasteiger partial charge in [-0.2, -0.15) is 0 Å². The highest BCUT2D eigenvalue weighted by Crippen LogP contribution is 2.46. The predicted octanol–water partition coefficient (Wildman–Crippen LogP) is 4.90. The molecule has 1 saturated carbocycles. The van der Waals surface area contributed by atoms with E-state index >= 15 is 0 Å². The van der Waals surface area contributed by atoms with Gasteiger partial charge in [0.05, 0.1) is 21.7 Å². The molecule has 0 bridgehead atoms. The molecule has 6 rings (SSSR count). The number of fused-ring (bicyclic) bond motifs is 3. The van der Waals surface area contributed by atoms with Gasteiger partial charge in [0.25, 0.3) is 0 Å². The molecule has 1 saturated heterocycles. The van der Waals surface area contributed by atoms with Gasteiger partial charge in [-0.3, -0.25) is 20.1 Å². The van der Waals surface area contributed by atoms with Gasteiger partial charge in [-0.15, -0.1) is 11.3 Å². The average molecular weight is 456 g/mol. The third kappa shape index (κ3) is 3.10. The van der Waals surface area contributed by atoms with Crippen molar-refractivity contribution in [2.75, 3.05) is 12.8 Å². The largest absolute Gasteiger partial charge is 0.399 e. The quantitative estimate of drug-likeness (QED) is 0.383. The summed E-state index contributed by atoms with van der Waals surface area (Å²) in [5.74, 6) is 0.239. The summed E-state index contributed by atoms with van der Waals surface area (Å²) in [4.78, 5) is 20.6. The van der Waals surface area contributed by atoms with Crippen molar-refractivity contribution in [3.63, 3.8) is 0 Å². The Morgan fingerprint density at radius 1 is 1.12 bits per heavy atom. The van der Waals surface area contributed by atoms with Crippen LogP contribution in [0.25, 0.3) is 21.0 Å². The van der Waals surface area contributed by atoms with Gasteiger partial charge in [-0.25, -0.2) is 0 Å². The van der Waals surface area contributed by atoms with Crippen molar-refractivity contribution in [1.82, 2.24) is 15.2 Å². The highest BCUT2D eigenvalue weighted by Gasteiger charge is 2.49. The van der Waals surface area contributed by atoms with Gasteiger partial charge in [-0.1, -0.05) is 24.3 Å². The molecular weight excluding hydrogens is 430 g/mol. The van der Waals surface area contributed by atoms with E-state index in [0.29, 0.717) is 11.6 Å². The smallest absolute Gasteiger partial charge is 0.239 e. The number of amides is 1. The molecule has 1 amide bonds. The topological polar surface area (TPSA) is 95.1 Å². The number of thiophene rings is 1. The molecule has 2 aromatic carbocycles. The molecule has 0 radical (unpaired) electrons. The summed E-state index contributed by atoms with van der Waals surface area (Å²) >= 11 is 1.61. The summed E-state index contributed by atoms with van der Waals surface area (Å²) < 4.78 is 1.03. The lowest BCUT2D eigenvalue weighted by Gasteiger charge is -2.45. The lowest BCUT2D eigenvalue weighted by molar-refractivity contribution is -0.131. The van der Waals surface area contributed by atoms with Crippen LogP contribution in [0, 0.1) is 5.41 Å². The van der Waals surface area contributed by atoms with Crippen LogP contribution < -0.4 is 11.1 Å². The van der Waals surface area contributed by atoms with Crippen molar-refractivity contribution in [2.24, 2.45) is 0 Å². The maximum Gasteiger partial charge on any atom is 0.239 e. The van der Waals surface area contributed by atoms with Gasteiger partial charge in [0.1, 0.15) is 0 Å². The number of aromatic nitrogens is 1. The first-order chi connectivity index (χ1) is 15.8. The maximum absolute atomic E-state index is 13.5. The van der Waals surface area contributed by atoms with Gasteiger partial charge in [0.15, 0.2) is 5.96 Å². The van der Waals surface area contributed by atoms with Crippen LogP contribution in [0.3, 0.4) is 0 Å². The first-order valence-electron chi connectivity index (χ1n) is 11.2. The average Bonchev–Trinajstić information content (AvgIpc) is 3.55. The first kappa shape index (κ1) is 20.2. The second kappa shape index (κ2) is 7.02. The molecule has 7 heteroatoms. The number of carbonyl (C=O) groups is 1. The van der Waals surface area contributed by atoms with Crippen LogP contribution >= 0.6 is 11.3 Å². The molecule has 1 aliphatic carbocycles. The van der Waals surface area contributed by atoms with E-state index in [0.717, 1.165) is 31.4 Å². The Morgan fingerprint density at radius 3 is 2.58 bits per heavy atom. The number of rotatable bonds is 3. The molecule has 1 aliphatic heterocycles. The van der Waals surface area contributed by atoms with Crippen LogP contribution in [0.4, 0.5) is 5.69 Å². The second-order valence-electron chi connectivity index (χ2n) is 9.37. The van der Waals surface area contributed by atoms with E-state index in [-0.39, 0.29) is 11.9 Å². The molecule has 4 aromatic rings. The minimum atomic E-state index is -0.766. The molecule has 166 valence electrons. The molecule has 2 aromatic heterocycles. The summed E-state index contributed by atoms with van der Waals surface area (Å²) in [6, 6.07) is 16.4. The fourth-order valence-corrected chi connectivity index (χ4v) is 6.17. The fourth-order valence-electron chi connectivity index (χ4n) is 4.99. The Hall–Kier alpha value is -3.45. The summed E-state index contributed by atoms with van der Waals surface area (Å²) in [6.45, 7) is 2.03. The van der Waals surface area contributed by atoms with Crippen LogP contribution in [0.15, 0.2) is 54.7 Å². The third-order valence-electron chi connectivity index (χ3n) is 7.09. The monoisotopic (exact) mass is 455 g/mol. The fraction of sp³-hybridized carbons (Fsp3) is 0.269. The number of guanidine groups is 1. The highest BCUT2D eigenvalue weighted by atomic mass is 32.1. The Balaban J connectivity index is 1.52. The second-order valence-corrected chi connectivity index (χ2v) is 10.5. The number of anilines is 1. The number of benzene rings is 2. The third-order valence-corrected chi connectivity index (χ3v) is 8.40. The number of pyridine rings is 1. The first-order valence-corrected chi connectivity index (χ1v) is 12.0. The lowest BCUT2D eigenvalue weighted by atomic mass is 9.76. The molecule has 2 aliphatic rings. The molecule has 4 N–H and O–H groups in total. The zero-order valence-corrected chi connectivity index (χ0v) is 19.4. The minimum Gasteiger partial charge on any atom is -0.399 e. The van der Waals surface area contributed by atoms with Crippen LogP contribution in [0.2, 0.25) is 0 Å². The Bertz CT molecular complexity index is 1440. The van der Waals surface area contributed by atoms with Crippen molar-refractivity contribution < 1.29 is 4.79 Å². The molecule has 0 spiro atoms. The van der Waals surface area contributed by atoms with Crippen molar-refractivity contribution in [2.45, 2.75) is 37.1 Å². The van der Waals surface area contributed by atoms with E-state index < -0.39 is 11.5 Å². The lowest BCUT2D eigenvalue weighted by Crippen LogP contribution is -2.62. The highest BCUT2D eigenvalue weighted by molar-refractivity contribution is 7.19. The summed E-state index contributed by atoms with van der Waals surface area (Å²) in [5.41, 5.74) is 9.18. The summed E-state index contributed by atoms with van der Waals surface area (Å²) in [7, 11) is 1.66. The van der Waals surface area contributed by atoms with E-state index in [9.17, 15) is 4.79 Å². The van der Waals surface area contributed by atoms with Crippen LogP contribution in [-0.2, 0) is 10.3 Å². The number of likely N-dealkylation sites (N-methyl/N-ethyl adjacent to an activating group) is 1. The summed E-state index contributed by atoms with van der Waals surface area (Å²) in [6.07, 6.45) is 4.37. The maximum atomic E-state index is 13.5. The summed E-state index contributed by atoms with van der Waals surface area (Å²) in [5, 5.41) is 13.9. The van der Waals surface area contributed by atoms with Gasteiger partial charge in [-0.05, 0) is 61.1 Å². The van der Waals surface area contributed by atoms with Crippen molar-refractivity contribution in [3.05, 3.63) is 70.7 Å². The van der Waals surface area contributed by atoms with Crippen molar-refractivity contribution >= 4 is 49.9 Å². The molecule has 2 atom stereocenters. The van der Waals surface area contributed by atoms with E-state index in [2.05, 4.69) is 40.6 Å². The molecule has 0 unspecified atom stereocenters. The molecule has 33 heavy (non-hydrogen) atoms. The minimum absolute atomic E-state index is 0.0786. The van der Waals surface area contributed by atoms with Crippen LogP contribution in [-0.4, -0.2) is 28.8 Å². The normalized spacial score (nSPS) is 23.3. The number of nitrogen functional groups attached to an aromatic ring is 1. The van der Waals surface area contributed by atoms with Gasteiger partial charge < -0.3 is 11.1 Å². The van der Waals surface area contributed by atoms with Gasteiger partial charge in [0, 0.05) is 34.6 Å². The van der Waals surface area contributed by atoms with E-state index in [1.807, 2.05) is 31.3 Å². The molecular formula is C26H25N5OS. The van der Waals surface area contributed by atoms with E-state index in [4.69, 9.17) is 11.1 Å². The zero-order chi connectivity index (χ0) is 22.9. The zero-order valence-electron chi connectivity index (χ0n) is 18.6. The molecule has 2 fully saturated rings. The number of nitrogens with zero attached hydrogens (tertiary/aromatic N) is 2. The van der Waals surface area contributed by atoms with Crippen molar-refractivity contribution in [3.8, 4) is 0 Å². The van der Waals surface area contributed by atoms with Crippen LogP contribution in [0.5, 0.6) is 0 Å². The number of nitrogens with two attached hydrogens (primary N) is 1.